The predicted octanol–water partition coefficient (Wildman–Crippen LogP) is 4.21. The number of nitrogens with one attached hydrogen (secondary N) is 1. The highest BCUT2D eigenvalue weighted by Crippen LogP contribution is 2.20. The normalized spacial score (nSPS) is 12.3. The van der Waals surface area contributed by atoms with E-state index in [0.29, 0.717) is 5.56 Å². The first-order valence-electron chi connectivity index (χ1n) is 5.32. The van der Waals surface area contributed by atoms with Crippen molar-refractivity contribution in [1.29, 1.82) is 0 Å². The van der Waals surface area contributed by atoms with Crippen LogP contribution in [0.4, 0.5) is 4.39 Å². The van der Waals surface area contributed by atoms with E-state index in [1.54, 1.807) is 6.07 Å². The molecule has 0 saturated heterocycles. The summed E-state index contributed by atoms with van der Waals surface area (Å²) in [6.45, 7) is 6.82. The molecule has 0 saturated carbocycles. The molecule has 1 rings (SSSR count). The van der Waals surface area contributed by atoms with Crippen LogP contribution in [-0.4, -0.2) is 6.54 Å². The second kappa shape index (κ2) is 6.16. The Morgan fingerprint density at radius 3 is 2.75 bits per heavy atom. The highest BCUT2D eigenvalue weighted by atomic mass is 79.9. The van der Waals surface area contributed by atoms with Gasteiger partial charge in [0.2, 0.25) is 0 Å². The molecule has 88 valence electrons. The third kappa shape index (κ3) is 4.06. The minimum Gasteiger partial charge on any atom is -0.307 e. The topological polar surface area (TPSA) is 12.0 Å². The maximum Gasteiger partial charge on any atom is 0.129 e. The Labute approximate surface area is 105 Å². The molecule has 0 bridgehead atoms. The first-order valence-corrected chi connectivity index (χ1v) is 6.11. The highest BCUT2D eigenvalue weighted by molar-refractivity contribution is 9.10. The molecule has 16 heavy (non-hydrogen) atoms. The summed E-state index contributed by atoms with van der Waals surface area (Å²) in [4.78, 5) is 0. The van der Waals surface area contributed by atoms with Crippen LogP contribution >= 0.6 is 15.9 Å². The Balaban J connectivity index is 2.66. The summed E-state index contributed by atoms with van der Waals surface area (Å²) in [5, 5.41) is 3.26. The van der Waals surface area contributed by atoms with Gasteiger partial charge >= 0.3 is 0 Å². The van der Waals surface area contributed by atoms with Gasteiger partial charge in [-0.25, -0.2) is 4.39 Å². The van der Waals surface area contributed by atoms with Crippen LogP contribution in [0.3, 0.4) is 0 Å². The van der Waals surface area contributed by atoms with Gasteiger partial charge in [0.05, 0.1) is 0 Å². The van der Waals surface area contributed by atoms with Gasteiger partial charge in [-0.15, -0.1) is 0 Å². The van der Waals surface area contributed by atoms with E-state index in [9.17, 15) is 4.39 Å². The Hall–Kier alpha value is -0.670. The van der Waals surface area contributed by atoms with Crippen molar-refractivity contribution < 1.29 is 4.39 Å². The Kier molecular flexibility index (Phi) is 5.16. The second-order valence-electron chi connectivity index (χ2n) is 4.08. The van der Waals surface area contributed by atoms with Crippen LogP contribution in [0.15, 0.2) is 34.3 Å². The van der Waals surface area contributed by atoms with Crippen molar-refractivity contribution in [3.05, 3.63) is 45.7 Å². The van der Waals surface area contributed by atoms with E-state index in [0.717, 1.165) is 11.0 Å². The van der Waals surface area contributed by atoms with Gasteiger partial charge in [0.15, 0.2) is 0 Å². The fourth-order valence-electron chi connectivity index (χ4n) is 1.40. The van der Waals surface area contributed by atoms with Gasteiger partial charge in [-0.1, -0.05) is 33.6 Å². The van der Waals surface area contributed by atoms with Crippen molar-refractivity contribution in [2.75, 3.05) is 6.54 Å². The quantitative estimate of drug-likeness (QED) is 0.818. The molecule has 1 nitrogen and oxygen atoms in total. The first kappa shape index (κ1) is 13.4. The second-order valence-corrected chi connectivity index (χ2v) is 4.99. The maximum atomic E-state index is 13.6. The van der Waals surface area contributed by atoms with Crippen LogP contribution in [0, 0.1) is 5.82 Å². The highest BCUT2D eigenvalue weighted by Gasteiger charge is 2.09. The Bertz CT molecular complexity index is 384. The summed E-state index contributed by atoms with van der Waals surface area (Å²) in [6.07, 6.45) is 2.09. The molecule has 0 aliphatic carbocycles. The molecule has 0 aromatic heterocycles. The van der Waals surface area contributed by atoms with Crippen molar-refractivity contribution in [1.82, 2.24) is 5.32 Å². The van der Waals surface area contributed by atoms with Gasteiger partial charge in [0.25, 0.3) is 0 Å². The van der Waals surface area contributed by atoms with Crippen LogP contribution in [0.25, 0.3) is 0 Å². The molecular formula is C13H17BrFN. The number of allylic oxidation sites excluding steroid dienone is 1. The summed E-state index contributed by atoms with van der Waals surface area (Å²) in [5.41, 5.74) is 1.96. The van der Waals surface area contributed by atoms with E-state index in [-0.39, 0.29) is 11.9 Å². The lowest BCUT2D eigenvalue weighted by Crippen LogP contribution is -2.19. The van der Waals surface area contributed by atoms with Gasteiger partial charge in [0, 0.05) is 22.6 Å². The van der Waals surface area contributed by atoms with E-state index >= 15 is 0 Å². The number of hydrogen-bond donors (Lipinski definition) is 1. The molecule has 0 heterocycles. The van der Waals surface area contributed by atoms with Crippen molar-refractivity contribution in [2.24, 2.45) is 0 Å². The number of rotatable bonds is 4. The molecule has 1 N–H and O–H groups in total. The van der Waals surface area contributed by atoms with Gasteiger partial charge < -0.3 is 5.32 Å². The van der Waals surface area contributed by atoms with E-state index in [2.05, 4.69) is 27.3 Å². The van der Waals surface area contributed by atoms with Crippen molar-refractivity contribution >= 4 is 15.9 Å². The summed E-state index contributed by atoms with van der Waals surface area (Å²) in [5.74, 6) is -0.174. The standard InChI is InChI=1S/C13H17BrFN/c1-9(2)6-7-16-10(3)12-5-4-11(14)8-13(12)15/h4-6,8,10,16H,7H2,1-3H3. The van der Waals surface area contributed by atoms with Crippen LogP contribution in [0.1, 0.15) is 32.4 Å². The number of benzene rings is 1. The van der Waals surface area contributed by atoms with E-state index in [4.69, 9.17) is 0 Å². The van der Waals surface area contributed by atoms with E-state index in [1.165, 1.54) is 11.6 Å². The summed E-state index contributed by atoms with van der Waals surface area (Å²) >= 11 is 3.25. The molecule has 1 atom stereocenters. The van der Waals surface area contributed by atoms with Gasteiger partial charge in [-0.05, 0) is 32.9 Å². The lowest BCUT2D eigenvalue weighted by atomic mass is 10.1. The molecule has 0 fully saturated rings. The smallest absolute Gasteiger partial charge is 0.129 e. The first-order chi connectivity index (χ1) is 7.50. The molecule has 0 amide bonds. The summed E-state index contributed by atoms with van der Waals surface area (Å²) in [6, 6.07) is 5.18. The number of halogens is 2. The molecule has 0 radical (unpaired) electrons. The molecule has 1 aromatic carbocycles. The predicted molar refractivity (Wildman–Crippen MR) is 69.9 cm³/mol. The van der Waals surface area contributed by atoms with Crippen LogP contribution in [-0.2, 0) is 0 Å². The monoisotopic (exact) mass is 285 g/mol. The van der Waals surface area contributed by atoms with E-state index in [1.807, 2.05) is 26.8 Å². The zero-order valence-electron chi connectivity index (χ0n) is 9.85. The van der Waals surface area contributed by atoms with Crippen molar-refractivity contribution in [2.45, 2.75) is 26.8 Å². The molecule has 1 unspecified atom stereocenters. The fraction of sp³-hybridized carbons (Fsp3) is 0.385. The van der Waals surface area contributed by atoms with Gasteiger partial charge in [-0.3, -0.25) is 0 Å². The average molecular weight is 286 g/mol. The molecule has 0 spiro atoms. The van der Waals surface area contributed by atoms with Crippen LogP contribution in [0.5, 0.6) is 0 Å². The largest absolute Gasteiger partial charge is 0.307 e. The zero-order valence-corrected chi connectivity index (χ0v) is 11.4. The van der Waals surface area contributed by atoms with Crippen molar-refractivity contribution in [3.63, 3.8) is 0 Å². The average Bonchev–Trinajstić information content (AvgIpc) is 2.16. The van der Waals surface area contributed by atoms with Crippen LogP contribution < -0.4 is 5.32 Å². The third-order valence-electron chi connectivity index (χ3n) is 2.36. The minimum absolute atomic E-state index is 0.0173. The Morgan fingerprint density at radius 2 is 2.19 bits per heavy atom. The lowest BCUT2D eigenvalue weighted by molar-refractivity contribution is 0.548. The summed E-state index contributed by atoms with van der Waals surface area (Å²) < 4.78 is 14.4. The Morgan fingerprint density at radius 1 is 1.50 bits per heavy atom. The van der Waals surface area contributed by atoms with Crippen LogP contribution in [0.2, 0.25) is 0 Å². The van der Waals surface area contributed by atoms with Gasteiger partial charge in [-0.2, -0.15) is 0 Å². The lowest BCUT2D eigenvalue weighted by Gasteiger charge is -2.14. The SMILES string of the molecule is CC(C)=CCNC(C)c1ccc(Br)cc1F. The maximum absolute atomic E-state index is 13.6. The number of hydrogen-bond acceptors (Lipinski definition) is 1. The van der Waals surface area contributed by atoms with Crippen molar-refractivity contribution in [3.8, 4) is 0 Å². The van der Waals surface area contributed by atoms with E-state index < -0.39 is 0 Å². The molecule has 0 aliphatic heterocycles. The molecule has 1 aromatic rings. The molecule has 3 heteroatoms. The molecular weight excluding hydrogens is 269 g/mol. The summed E-state index contributed by atoms with van der Waals surface area (Å²) in [7, 11) is 0. The minimum atomic E-state index is -0.174. The van der Waals surface area contributed by atoms with Gasteiger partial charge in [0.1, 0.15) is 5.82 Å². The fourth-order valence-corrected chi connectivity index (χ4v) is 1.74. The zero-order chi connectivity index (χ0) is 12.1. The molecule has 0 aliphatic rings. The third-order valence-corrected chi connectivity index (χ3v) is 2.86.